The number of rotatable bonds is 4. The Labute approximate surface area is 120 Å². The monoisotopic (exact) mass is 275 g/mol. The maximum absolute atomic E-state index is 12.3. The fourth-order valence-electron chi connectivity index (χ4n) is 1.85. The largest absolute Gasteiger partial charge is 0.395 e. The molecule has 0 saturated carbocycles. The number of aryl methyl sites for hydroxylation is 1. The summed E-state index contributed by atoms with van der Waals surface area (Å²) < 4.78 is 0. The van der Waals surface area contributed by atoms with Crippen LogP contribution in [0.2, 0.25) is 0 Å². The zero-order valence-corrected chi connectivity index (χ0v) is 12.2. The molecule has 108 valence electrons. The third kappa shape index (κ3) is 4.69. The second-order valence-corrected chi connectivity index (χ2v) is 4.86. The van der Waals surface area contributed by atoms with Crippen molar-refractivity contribution in [1.82, 2.24) is 4.90 Å². The highest BCUT2D eigenvalue weighted by atomic mass is 16.3. The number of benzene rings is 1. The molecular formula is C16H21NO3. The molecule has 1 unspecified atom stereocenters. The number of carbonyl (C=O) groups excluding carboxylic acids is 1. The van der Waals surface area contributed by atoms with E-state index in [0.29, 0.717) is 17.5 Å². The second-order valence-electron chi connectivity index (χ2n) is 4.86. The molecule has 0 heterocycles. The highest BCUT2D eigenvalue weighted by molar-refractivity contribution is 5.96. The molecule has 1 atom stereocenters. The molecule has 0 saturated heterocycles. The van der Waals surface area contributed by atoms with Gasteiger partial charge in [-0.2, -0.15) is 0 Å². The van der Waals surface area contributed by atoms with Crippen molar-refractivity contribution in [2.45, 2.75) is 26.4 Å². The van der Waals surface area contributed by atoms with Crippen LogP contribution in [0.1, 0.15) is 34.8 Å². The summed E-state index contributed by atoms with van der Waals surface area (Å²) in [5.74, 6) is 5.59. The highest BCUT2D eigenvalue weighted by Gasteiger charge is 2.16. The molecule has 2 N–H and O–H groups in total. The van der Waals surface area contributed by atoms with Gasteiger partial charge < -0.3 is 15.1 Å². The van der Waals surface area contributed by atoms with E-state index in [4.69, 9.17) is 5.11 Å². The Hall–Kier alpha value is -1.83. The van der Waals surface area contributed by atoms with Gasteiger partial charge in [-0.25, -0.2) is 0 Å². The molecule has 1 aromatic carbocycles. The van der Waals surface area contributed by atoms with Crippen molar-refractivity contribution >= 4 is 5.91 Å². The van der Waals surface area contributed by atoms with Crippen molar-refractivity contribution in [3.8, 4) is 11.8 Å². The zero-order valence-electron chi connectivity index (χ0n) is 12.2. The van der Waals surface area contributed by atoms with Crippen LogP contribution >= 0.6 is 0 Å². The minimum absolute atomic E-state index is 0.00399. The number of amides is 1. The third-order valence-corrected chi connectivity index (χ3v) is 2.75. The summed E-state index contributed by atoms with van der Waals surface area (Å²) in [6.45, 7) is 3.85. The Morgan fingerprint density at radius 3 is 2.75 bits per heavy atom. The van der Waals surface area contributed by atoms with Crippen LogP contribution in [0.25, 0.3) is 0 Å². The number of nitrogens with zero attached hydrogens (tertiary/aromatic N) is 1. The molecule has 0 aromatic heterocycles. The third-order valence-electron chi connectivity index (χ3n) is 2.75. The topological polar surface area (TPSA) is 60.8 Å². The van der Waals surface area contributed by atoms with Crippen LogP contribution in [0.3, 0.4) is 0 Å². The minimum Gasteiger partial charge on any atom is -0.395 e. The van der Waals surface area contributed by atoms with Gasteiger partial charge in [0.05, 0.1) is 18.3 Å². The SMILES string of the molecule is Cc1ccc(C(=O)N(C)CC(C)O)c(C#CCCO)c1. The van der Waals surface area contributed by atoms with Crippen molar-refractivity contribution in [3.05, 3.63) is 34.9 Å². The molecule has 1 amide bonds. The van der Waals surface area contributed by atoms with Crippen molar-refractivity contribution in [2.75, 3.05) is 20.2 Å². The highest BCUT2D eigenvalue weighted by Crippen LogP contribution is 2.13. The molecular weight excluding hydrogens is 254 g/mol. The maximum Gasteiger partial charge on any atom is 0.254 e. The van der Waals surface area contributed by atoms with Crippen LogP contribution in [0.5, 0.6) is 0 Å². The van der Waals surface area contributed by atoms with E-state index in [0.717, 1.165) is 5.56 Å². The summed E-state index contributed by atoms with van der Waals surface area (Å²) >= 11 is 0. The van der Waals surface area contributed by atoms with Gasteiger partial charge in [0.1, 0.15) is 0 Å². The van der Waals surface area contributed by atoms with E-state index in [1.54, 1.807) is 20.0 Å². The lowest BCUT2D eigenvalue weighted by molar-refractivity contribution is 0.0703. The van der Waals surface area contributed by atoms with E-state index < -0.39 is 6.10 Å². The van der Waals surface area contributed by atoms with E-state index in [9.17, 15) is 9.90 Å². The summed E-state index contributed by atoms with van der Waals surface area (Å²) in [5.41, 5.74) is 2.19. The summed E-state index contributed by atoms with van der Waals surface area (Å²) in [6, 6.07) is 5.47. The van der Waals surface area contributed by atoms with Crippen LogP contribution < -0.4 is 0 Å². The molecule has 0 aliphatic heterocycles. The zero-order chi connectivity index (χ0) is 15.1. The van der Waals surface area contributed by atoms with E-state index in [1.807, 2.05) is 19.1 Å². The van der Waals surface area contributed by atoms with E-state index in [2.05, 4.69) is 11.8 Å². The summed E-state index contributed by atoms with van der Waals surface area (Å²) in [4.78, 5) is 13.8. The van der Waals surface area contributed by atoms with Crippen molar-refractivity contribution < 1.29 is 15.0 Å². The molecule has 1 rings (SSSR count). The van der Waals surface area contributed by atoms with E-state index >= 15 is 0 Å². The minimum atomic E-state index is -0.571. The Balaban J connectivity index is 3.05. The van der Waals surface area contributed by atoms with Gasteiger partial charge in [-0.15, -0.1) is 0 Å². The van der Waals surface area contributed by atoms with Crippen molar-refractivity contribution in [1.29, 1.82) is 0 Å². The number of aliphatic hydroxyl groups is 2. The van der Waals surface area contributed by atoms with Crippen molar-refractivity contribution in [2.24, 2.45) is 0 Å². The molecule has 0 aliphatic carbocycles. The van der Waals surface area contributed by atoms with Gasteiger partial charge in [0, 0.05) is 25.6 Å². The predicted molar refractivity (Wildman–Crippen MR) is 78.4 cm³/mol. The molecule has 20 heavy (non-hydrogen) atoms. The normalized spacial score (nSPS) is 11.4. The lowest BCUT2D eigenvalue weighted by Gasteiger charge is -2.19. The average molecular weight is 275 g/mol. The first-order valence-electron chi connectivity index (χ1n) is 6.59. The lowest BCUT2D eigenvalue weighted by Crippen LogP contribution is -2.33. The van der Waals surface area contributed by atoms with Gasteiger partial charge in [0.2, 0.25) is 0 Å². The Morgan fingerprint density at radius 1 is 1.45 bits per heavy atom. The Morgan fingerprint density at radius 2 is 2.15 bits per heavy atom. The van der Waals surface area contributed by atoms with Gasteiger partial charge in [0.15, 0.2) is 0 Å². The number of carbonyl (C=O) groups is 1. The van der Waals surface area contributed by atoms with E-state index in [1.165, 1.54) is 4.90 Å². The Bertz CT molecular complexity index is 526. The molecule has 0 bridgehead atoms. The fourth-order valence-corrected chi connectivity index (χ4v) is 1.85. The molecule has 1 aromatic rings. The van der Waals surface area contributed by atoms with Crippen LogP contribution in [0.4, 0.5) is 0 Å². The van der Waals surface area contributed by atoms with Crippen molar-refractivity contribution in [3.63, 3.8) is 0 Å². The molecule has 0 radical (unpaired) electrons. The molecule has 0 spiro atoms. The smallest absolute Gasteiger partial charge is 0.254 e. The van der Waals surface area contributed by atoms with Crippen LogP contribution in [-0.4, -0.2) is 47.3 Å². The first-order chi connectivity index (χ1) is 9.45. The van der Waals surface area contributed by atoms with Gasteiger partial charge in [-0.1, -0.05) is 17.9 Å². The van der Waals surface area contributed by atoms with Gasteiger partial charge in [-0.3, -0.25) is 4.79 Å². The summed E-state index contributed by atoms with van der Waals surface area (Å²) in [5, 5.41) is 18.1. The van der Waals surface area contributed by atoms with Crippen LogP contribution in [0.15, 0.2) is 18.2 Å². The molecule has 4 nitrogen and oxygen atoms in total. The average Bonchev–Trinajstić information content (AvgIpc) is 2.37. The second kappa shape index (κ2) is 7.68. The first-order valence-corrected chi connectivity index (χ1v) is 6.59. The quantitative estimate of drug-likeness (QED) is 0.811. The van der Waals surface area contributed by atoms with Crippen LogP contribution in [-0.2, 0) is 0 Å². The van der Waals surface area contributed by atoms with E-state index in [-0.39, 0.29) is 19.1 Å². The standard InChI is InChI=1S/C16H21NO3/c1-12-7-8-15(14(10-12)6-4-5-9-18)16(20)17(3)11-13(2)19/h7-8,10,13,18-19H,5,9,11H2,1-3H3. The fraction of sp³-hybridized carbons (Fsp3) is 0.438. The summed E-state index contributed by atoms with van der Waals surface area (Å²) in [7, 11) is 1.65. The predicted octanol–water partition coefficient (Wildman–Crippen LogP) is 1.18. The molecule has 0 aliphatic rings. The molecule has 0 fully saturated rings. The van der Waals surface area contributed by atoms with Gasteiger partial charge in [0.25, 0.3) is 5.91 Å². The van der Waals surface area contributed by atoms with Gasteiger partial charge in [-0.05, 0) is 31.5 Å². The maximum atomic E-state index is 12.3. The number of aliphatic hydroxyl groups excluding tert-OH is 2. The number of hydrogen-bond donors (Lipinski definition) is 2. The Kier molecular flexibility index (Phi) is 6.23. The number of hydrogen-bond acceptors (Lipinski definition) is 3. The van der Waals surface area contributed by atoms with Gasteiger partial charge >= 0.3 is 0 Å². The first kappa shape index (κ1) is 16.2. The molecule has 4 heteroatoms. The number of likely N-dealkylation sites (N-methyl/N-ethyl adjacent to an activating group) is 1. The summed E-state index contributed by atoms with van der Waals surface area (Å²) in [6.07, 6.45) is -0.191. The van der Waals surface area contributed by atoms with Crippen LogP contribution in [0, 0.1) is 18.8 Å². The lowest BCUT2D eigenvalue weighted by atomic mass is 10.0.